The van der Waals surface area contributed by atoms with Crippen molar-refractivity contribution in [2.45, 2.75) is 26.4 Å². The minimum atomic E-state index is -0.563. The van der Waals surface area contributed by atoms with Crippen LogP contribution in [-0.2, 0) is 18.4 Å². The van der Waals surface area contributed by atoms with E-state index in [-0.39, 0.29) is 23.5 Å². The number of fused-ring (bicyclic) bond motifs is 1. The molecule has 2 heterocycles. The Morgan fingerprint density at radius 2 is 2.10 bits per heavy atom. The van der Waals surface area contributed by atoms with E-state index in [4.69, 9.17) is 0 Å². The lowest BCUT2D eigenvalue weighted by Gasteiger charge is -2.13. The maximum Gasteiger partial charge on any atom is 0.332 e. The molecule has 0 aliphatic heterocycles. The molecular weight excluding hydrogens is 340 g/mol. The number of hydrogen-bond donors (Lipinski definition) is 0. The zero-order valence-corrected chi connectivity index (χ0v) is 13.5. The number of carbonyl (C=O) groups is 1. The first-order valence-corrected chi connectivity index (χ1v) is 7.09. The Morgan fingerprint density at radius 3 is 2.62 bits per heavy atom. The summed E-state index contributed by atoms with van der Waals surface area (Å²) in [4.78, 5) is 40.6. The van der Waals surface area contributed by atoms with Crippen molar-refractivity contribution in [3.63, 3.8) is 0 Å². The summed E-state index contributed by atoms with van der Waals surface area (Å²) >= 11 is 3.25. The van der Waals surface area contributed by atoms with E-state index in [9.17, 15) is 14.4 Å². The van der Waals surface area contributed by atoms with E-state index >= 15 is 0 Å². The van der Waals surface area contributed by atoms with Gasteiger partial charge in [0.2, 0.25) is 0 Å². The van der Waals surface area contributed by atoms with Crippen molar-refractivity contribution in [3.05, 3.63) is 38.2 Å². The highest BCUT2D eigenvalue weighted by molar-refractivity contribution is 9.10. The van der Waals surface area contributed by atoms with Crippen molar-refractivity contribution in [3.8, 4) is 0 Å². The Kier molecular flexibility index (Phi) is 3.99. The fraction of sp³-hybridized carbons (Fsp3) is 0.385. The fourth-order valence-electron chi connectivity index (χ4n) is 2.14. The molecular formula is C13H15BrN4O3. The van der Waals surface area contributed by atoms with Crippen LogP contribution in [0.25, 0.3) is 11.2 Å². The van der Waals surface area contributed by atoms with Gasteiger partial charge >= 0.3 is 5.69 Å². The molecule has 0 N–H and O–H groups in total. The first kappa shape index (κ1) is 15.4. The Hall–Kier alpha value is -1.96. The lowest BCUT2D eigenvalue weighted by atomic mass is 10.2. The van der Waals surface area contributed by atoms with E-state index < -0.39 is 17.3 Å². The summed E-state index contributed by atoms with van der Waals surface area (Å²) < 4.78 is 4.18. The van der Waals surface area contributed by atoms with Crippen LogP contribution in [0.15, 0.2) is 27.0 Å². The molecule has 0 aliphatic rings. The molecule has 8 heteroatoms. The second-order valence-corrected chi connectivity index (χ2v) is 5.46. The number of Topliss-reactive ketones (excluding diaryl/α,β-unsaturated/α-hetero) is 1. The van der Waals surface area contributed by atoms with Gasteiger partial charge in [0, 0.05) is 13.6 Å². The van der Waals surface area contributed by atoms with E-state index in [1.54, 1.807) is 6.92 Å². The number of imidazole rings is 1. The van der Waals surface area contributed by atoms with Crippen LogP contribution in [0.3, 0.4) is 0 Å². The number of halogens is 1. The minimum Gasteiger partial charge on any atom is -0.302 e. The van der Waals surface area contributed by atoms with E-state index in [1.807, 2.05) is 0 Å². The summed E-state index contributed by atoms with van der Waals surface area (Å²) in [5.74, 6) is -0.112. The van der Waals surface area contributed by atoms with Crippen molar-refractivity contribution in [2.24, 2.45) is 7.05 Å². The highest BCUT2D eigenvalue weighted by atomic mass is 79.9. The molecule has 1 unspecified atom stereocenters. The summed E-state index contributed by atoms with van der Waals surface area (Å²) in [5.41, 5.74) is -0.502. The average molecular weight is 355 g/mol. The SMILES string of the molecule is C=CCn1c(=O)c2c(nc(Br)n2C(C)C(C)=O)n(C)c1=O. The number of hydrogen-bond acceptors (Lipinski definition) is 4. The Labute approximate surface area is 128 Å². The van der Waals surface area contributed by atoms with Gasteiger partial charge in [-0.3, -0.25) is 18.7 Å². The number of carbonyl (C=O) groups excluding carboxylic acids is 1. The van der Waals surface area contributed by atoms with Gasteiger partial charge in [-0.15, -0.1) is 6.58 Å². The number of aryl methyl sites for hydroxylation is 1. The first-order valence-electron chi connectivity index (χ1n) is 6.29. The maximum atomic E-state index is 12.6. The molecule has 0 radical (unpaired) electrons. The molecule has 21 heavy (non-hydrogen) atoms. The minimum absolute atomic E-state index is 0.0959. The highest BCUT2D eigenvalue weighted by Crippen LogP contribution is 2.22. The predicted molar refractivity (Wildman–Crippen MR) is 82.5 cm³/mol. The number of rotatable bonds is 4. The zero-order valence-electron chi connectivity index (χ0n) is 12.0. The molecule has 2 aromatic rings. The third-order valence-electron chi connectivity index (χ3n) is 3.42. The van der Waals surface area contributed by atoms with Crippen LogP contribution in [-0.4, -0.2) is 24.5 Å². The molecule has 0 aliphatic carbocycles. The molecule has 0 spiro atoms. The zero-order chi connectivity index (χ0) is 15.9. The quantitative estimate of drug-likeness (QED) is 0.605. The maximum absolute atomic E-state index is 12.6. The Morgan fingerprint density at radius 1 is 1.48 bits per heavy atom. The van der Waals surface area contributed by atoms with Gasteiger partial charge in [0.1, 0.15) is 0 Å². The summed E-state index contributed by atoms with van der Waals surface area (Å²) in [6, 6.07) is -0.563. The largest absolute Gasteiger partial charge is 0.332 e. The molecule has 112 valence electrons. The molecule has 0 fully saturated rings. The number of aromatic nitrogens is 4. The van der Waals surface area contributed by atoms with Crippen molar-refractivity contribution in [1.29, 1.82) is 0 Å². The molecule has 1 atom stereocenters. The number of ketones is 1. The Balaban J connectivity index is 3.00. The van der Waals surface area contributed by atoms with Crippen molar-refractivity contribution in [1.82, 2.24) is 18.7 Å². The van der Waals surface area contributed by atoms with E-state index in [0.29, 0.717) is 4.73 Å². The van der Waals surface area contributed by atoms with Gasteiger partial charge in [-0.1, -0.05) is 6.08 Å². The smallest absolute Gasteiger partial charge is 0.302 e. The molecule has 0 saturated carbocycles. The topological polar surface area (TPSA) is 78.9 Å². The average Bonchev–Trinajstić information content (AvgIpc) is 2.77. The normalized spacial score (nSPS) is 12.6. The van der Waals surface area contributed by atoms with Gasteiger partial charge in [0.15, 0.2) is 21.7 Å². The van der Waals surface area contributed by atoms with Crippen molar-refractivity contribution < 1.29 is 4.79 Å². The van der Waals surface area contributed by atoms with Crippen molar-refractivity contribution >= 4 is 32.9 Å². The molecule has 2 aromatic heterocycles. The van der Waals surface area contributed by atoms with Crippen LogP contribution in [0, 0.1) is 0 Å². The van der Waals surface area contributed by atoms with Crippen LogP contribution >= 0.6 is 15.9 Å². The highest BCUT2D eigenvalue weighted by Gasteiger charge is 2.23. The van der Waals surface area contributed by atoms with Crippen molar-refractivity contribution in [2.75, 3.05) is 0 Å². The fourth-order valence-corrected chi connectivity index (χ4v) is 2.79. The lowest BCUT2D eigenvalue weighted by molar-refractivity contribution is -0.119. The van der Waals surface area contributed by atoms with E-state index in [2.05, 4.69) is 27.5 Å². The number of allylic oxidation sites excluding steroid dienone is 1. The summed E-state index contributed by atoms with van der Waals surface area (Å²) in [7, 11) is 1.53. The van der Waals surface area contributed by atoms with Gasteiger partial charge in [0.05, 0.1) is 6.04 Å². The first-order chi connectivity index (χ1) is 9.81. The van der Waals surface area contributed by atoms with Gasteiger partial charge in [-0.2, -0.15) is 0 Å². The second kappa shape index (κ2) is 5.44. The van der Waals surface area contributed by atoms with Crippen LogP contribution < -0.4 is 11.2 Å². The van der Waals surface area contributed by atoms with Gasteiger partial charge < -0.3 is 4.57 Å². The third kappa shape index (κ3) is 2.29. The lowest BCUT2D eigenvalue weighted by Crippen LogP contribution is -2.39. The summed E-state index contributed by atoms with van der Waals surface area (Å²) in [5, 5.41) is 0. The Bertz CT molecular complexity index is 859. The third-order valence-corrected chi connectivity index (χ3v) is 3.98. The van der Waals surface area contributed by atoms with Gasteiger partial charge in [0.25, 0.3) is 5.56 Å². The second-order valence-electron chi connectivity index (χ2n) is 4.76. The monoisotopic (exact) mass is 354 g/mol. The summed E-state index contributed by atoms with van der Waals surface area (Å²) in [6.07, 6.45) is 1.47. The van der Waals surface area contributed by atoms with Gasteiger partial charge in [-0.25, -0.2) is 9.78 Å². The number of nitrogens with zero attached hydrogens (tertiary/aromatic N) is 4. The molecule has 7 nitrogen and oxygen atoms in total. The predicted octanol–water partition coefficient (Wildman–Crippen LogP) is 0.995. The molecule has 0 saturated heterocycles. The van der Waals surface area contributed by atoms with Crippen LogP contribution in [0.4, 0.5) is 0 Å². The van der Waals surface area contributed by atoms with Crippen LogP contribution in [0.1, 0.15) is 19.9 Å². The van der Waals surface area contributed by atoms with Crippen LogP contribution in [0.2, 0.25) is 0 Å². The molecule has 0 amide bonds. The van der Waals surface area contributed by atoms with Gasteiger partial charge in [-0.05, 0) is 29.8 Å². The van der Waals surface area contributed by atoms with Crippen LogP contribution in [0.5, 0.6) is 0 Å². The standard InChI is InChI=1S/C13H15BrN4O3/c1-5-6-17-11(20)9-10(16(4)13(17)21)15-12(14)18(9)7(2)8(3)19/h5,7H,1,6H2,2-4H3. The van der Waals surface area contributed by atoms with E-state index in [0.717, 1.165) is 4.57 Å². The molecule has 2 rings (SSSR count). The molecule has 0 aromatic carbocycles. The molecule has 0 bridgehead atoms. The summed E-state index contributed by atoms with van der Waals surface area (Å²) in [6.45, 7) is 6.76. The van der Waals surface area contributed by atoms with E-state index in [1.165, 1.54) is 29.2 Å².